The Kier molecular flexibility index (Phi) is 5.71. The number of nitrogens with zero attached hydrogens (tertiary/aromatic N) is 1. The average molecular weight is 337 g/mol. The van der Waals surface area contributed by atoms with Crippen LogP contribution in [0.5, 0.6) is 0 Å². The number of anilines is 1. The molecule has 1 aliphatic rings. The van der Waals surface area contributed by atoms with Gasteiger partial charge >= 0.3 is 0 Å². The molecule has 0 amide bonds. The molecule has 0 radical (unpaired) electrons. The Bertz CT molecular complexity index is 706. The molecule has 4 nitrogen and oxygen atoms in total. The van der Waals surface area contributed by atoms with E-state index in [4.69, 9.17) is 10.5 Å². The molecule has 2 aromatic rings. The molecule has 0 spiro atoms. The lowest BCUT2D eigenvalue weighted by Gasteiger charge is -2.36. The highest BCUT2D eigenvalue weighted by atomic mass is 16.5. The maximum Gasteiger partial charge on any atom is 0.193 e. The van der Waals surface area contributed by atoms with Crippen LogP contribution >= 0.6 is 0 Å². The Morgan fingerprint density at radius 1 is 1.12 bits per heavy atom. The van der Waals surface area contributed by atoms with Crippen LogP contribution in [-0.2, 0) is 16.6 Å². The van der Waals surface area contributed by atoms with Gasteiger partial charge in [-0.05, 0) is 42.5 Å². The van der Waals surface area contributed by atoms with E-state index >= 15 is 0 Å². The monoisotopic (exact) mass is 337 g/mol. The third-order valence-corrected chi connectivity index (χ3v) is 5.00. The quantitative estimate of drug-likeness (QED) is 0.646. The van der Waals surface area contributed by atoms with Gasteiger partial charge < -0.3 is 15.8 Å². The second-order valence-electron chi connectivity index (χ2n) is 6.64. The van der Waals surface area contributed by atoms with Crippen molar-refractivity contribution in [2.75, 3.05) is 25.1 Å². The summed E-state index contributed by atoms with van der Waals surface area (Å²) in [6.45, 7) is 4.37. The summed E-state index contributed by atoms with van der Waals surface area (Å²) >= 11 is 0. The van der Waals surface area contributed by atoms with Gasteiger partial charge in [0.15, 0.2) is 5.96 Å². The summed E-state index contributed by atoms with van der Waals surface area (Å²) in [7, 11) is 0. The normalized spacial score (nSPS) is 17.2. The average Bonchev–Trinajstić information content (AvgIpc) is 2.68. The Balaban J connectivity index is 1.74. The molecule has 132 valence electrons. The first kappa shape index (κ1) is 17.5. The molecule has 0 unspecified atom stereocenters. The van der Waals surface area contributed by atoms with Crippen LogP contribution in [0.4, 0.5) is 5.69 Å². The van der Waals surface area contributed by atoms with E-state index in [0.29, 0.717) is 12.5 Å². The van der Waals surface area contributed by atoms with Crippen LogP contribution in [0.2, 0.25) is 0 Å². The van der Waals surface area contributed by atoms with Gasteiger partial charge in [-0.2, -0.15) is 0 Å². The van der Waals surface area contributed by atoms with Gasteiger partial charge in [-0.15, -0.1) is 0 Å². The summed E-state index contributed by atoms with van der Waals surface area (Å²) < 4.78 is 5.58. The second kappa shape index (κ2) is 8.17. The highest BCUT2D eigenvalue weighted by Crippen LogP contribution is 2.35. The summed E-state index contributed by atoms with van der Waals surface area (Å²) in [5, 5.41) is 3.22. The number of ether oxygens (including phenoxy) is 1. The van der Waals surface area contributed by atoms with Gasteiger partial charge in [0.1, 0.15) is 0 Å². The number of nitrogens with two attached hydrogens (primary N) is 1. The van der Waals surface area contributed by atoms with E-state index in [0.717, 1.165) is 38.2 Å². The lowest BCUT2D eigenvalue weighted by molar-refractivity contribution is 0.0531. The molecule has 1 saturated heterocycles. The zero-order valence-corrected chi connectivity index (χ0v) is 14.9. The van der Waals surface area contributed by atoms with Crippen LogP contribution in [0, 0.1) is 0 Å². The molecule has 1 heterocycles. The Morgan fingerprint density at radius 2 is 1.88 bits per heavy atom. The first-order valence-electron chi connectivity index (χ1n) is 9.01. The van der Waals surface area contributed by atoms with Crippen LogP contribution in [0.1, 0.15) is 30.9 Å². The maximum absolute atomic E-state index is 6.16. The third kappa shape index (κ3) is 4.40. The lowest BCUT2D eigenvalue weighted by Crippen LogP contribution is -2.38. The number of aliphatic imine (C=N–C) groups is 1. The van der Waals surface area contributed by atoms with Gasteiger partial charge in [0.25, 0.3) is 0 Å². The SMILES string of the molecule is CCc1cccc(NC(N)=NCC2(c3ccccc3)CCOCC2)c1. The van der Waals surface area contributed by atoms with Gasteiger partial charge in [0.2, 0.25) is 0 Å². The largest absolute Gasteiger partial charge is 0.381 e. The molecule has 0 saturated carbocycles. The molecule has 2 aromatic carbocycles. The van der Waals surface area contributed by atoms with Crippen molar-refractivity contribution >= 4 is 11.6 Å². The molecule has 25 heavy (non-hydrogen) atoms. The summed E-state index contributed by atoms with van der Waals surface area (Å²) in [5.74, 6) is 0.468. The first-order valence-corrected chi connectivity index (χ1v) is 9.01. The zero-order valence-electron chi connectivity index (χ0n) is 14.9. The molecule has 0 aromatic heterocycles. The molecule has 3 rings (SSSR count). The molecule has 1 aliphatic heterocycles. The summed E-state index contributed by atoms with van der Waals surface area (Å²) in [6, 6.07) is 18.9. The highest BCUT2D eigenvalue weighted by molar-refractivity contribution is 5.92. The minimum atomic E-state index is 0.0110. The van der Waals surface area contributed by atoms with Crippen molar-refractivity contribution in [2.24, 2.45) is 10.7 Å². The number of hydrogen-bond donors (Lipinski definition) is 2. The van der Waals surface area contributed by atoms with Crippen LogP contribution in [-0.4, -0.2) is 25.7 Å². The maximum atomic E-state index is 6.16. The van der Waals surface area contributed by atoms with Crippen molar-refractivity contribution in [3.8, 4) is 0 Å². The predicted molar refractivity (Wildman–Crippen MR) is 104 cm³/mol. The Morgan fingerprint density at radius 3 is 2.60 bits per heavy atom. The van der Waals surface area contributed by atoms with E-state index in [-0.39, 0.29) is 5.41 Å². The highest BCUT2D eigenvalue weighted by Gasteiger charge is 2.34. The van der Waals surface area contributed by atoms with Crippen LogP contribution in [0.25, 0.3) is 0 Å². The van der Waals surface area contributed by atoms with Crippen LogP contribution in [0.15, 0.2) is 59.6 Å². The Labute approximate surface area is 150 Å². The molecule has 0 atom stereocenters. The third-order valence-electron chi connectivity index (χ3n) is 5.00. The van der Waals surface area contributed by atoms with Crippen LogP contribution in [0.3, 0.4) is 0 Å². The van der Waals surface area contributed by atoms with E-state index < -0.39 is 0 Å². The number of benzene rings is 2. The van der Waals surface area contributed by atoms with Crippen molar-refractivity contribution in [2.45, 2.75) is 31.6 Å². The van der Waals surface area contributed by atoms with Gasteiger partial charge in [-0.1, -0.05) is 49.4 Å². The van der Waals surface area contributed by atoms with Crippen molar-refractivity contribution in [3.05, 3.63) is 65.7 Å². The fraction of sp³-hybridized carbons (Fsp3) is 0.381. The second-order valence-corrected chi connectivity index (χ2v) is 6.64. The molecule has 0 bridgehead atoms. The van der Waals surface area contributed by atoms with Gasteiger partial charge in [0, 0.05) is 24.3 Å². The standard InChI is InChI=1S/C21H27N3O/c1-2-17-7-6-10-19(15-17)24-20(22)23-16-21(11-13-25-14-12-21)18-8-4-3-5-9-18/h3-10,15H,2,11-14,16H2,1H3,(H3,22,23,24). The minimum Gasteiger partial charge on any atom is -0.381 e. The van der Waals surface area contributed by atoms with Crippen LogP contribution < -0.4 is 11.1 Å². The van der Waals surface area contributed by atoms with Crippen molar-refractivity contribution in [1.82, 2.24) is 0 Å². The Hall–Kier alpha value is -2.33. The molecule has 3 N–H and O–H groups in total. The fourth-order valence-corrected chi connectivity index (χ4v) is 3.38. The van der Waals surface area contributed by atoms with E-state index in [1.807, 2.05) is 12.1 Å². The van der Waals surface area contributed by atoms with Gasteiger partial charge in [-0.3, -0.25) is 4.99 Å². The zero-order chi connectivity index (χ0) is 17.5. The predicted octanol–water partition coefficient (Wildman–Crippen LogP) is 3.72. The fourth-order valence-electron chi connectivity index (χ4n) is 3.38. The molecular weight excluding hydrogens is 310 g/mol. The first-order chi connectivity index (χ1) is 12.2. The molecule has 1 fully saturated rings. The number of aryl methyl sites for hydroxylation is 1. The van der Waals surface area contributed by atoms with E-state index in [2.05, 4.69) is 59.7 Å². The summed E-state index contributed by atoms with van der Waals surface area (Å²) in [4.78, 5) is 4.67. The van der Waals surface area contributed by atoms with E-state index in [1.54, 1.807) is 0 Å². The van der Waals surface area contributed by atoms with Gasteiger partial charge in [0.05, 0.1) is 6.54 Å². The van der Waals surface area contributed by atoms with Crippen molar-refractivity contribution < 1.29 is 4.74 Å². The number of rotatable bonds is 5. The molecule has 0 aliphatic carbocycles. The lowest BCUT2D eigenvalue weighted by atomic mass is 9.74. The van der Waals surface area contributed by atoms with E-state index in [1.165, 1.54) is 11.1 Å². The minimum absolute atomic E-state index is 0.0110. The molecule has 4 heteroatoms. The summed E-state index contributed by atoms with van der Waals surface area (Å²) in [5.41, 5.74) is 9.76. The molecular formula is C21H27N3O. The smallest absolute Gasteiger partial charge is 0.193 e. The number of hydrogen-bond acceptors (Lipinski definition) is 2. The van der Waals surface area contributed by atoms with E-state index in [9.17, 15) is 0 Å². The summed E-state index contributed by atoms with van der Waals surface area (Å²) in [6.07, 6.45) is 2.95. The number of guanidine groups is 1. The topological polar surface area (TPSA) is 59.6 Å². The van der Waals surface area contributed by atoms with Crippen molar-refractivity contribution in [1.29, 1.82) is 0 Å². The van der Waals surface area contributed by atoms with Crippen molar-refractivity contribution in [3.63, 3.8) is 0 Å². The number of nitrogens with one attached hydrogen (secondary N) is 1. The van der Waals surface area contributed by atoms with Gasteiger partial charge in [-0.25, -0.2) is 0 Å².